The molecule has 3 rings (SSSR count). The van der Waals surface area contributed by atoms with Crippen LogP contribution >= 0.6 is 11.8 Å². The molecule has 0 bridgehead atoms. The lowest BCUT2D eigenvalue weighted by Crippen LogP contribution is -2.47. The molecule has 2 amide bonds. The van der Waals surface area contributed by atoms with Gasteiger partial charge in [0.15, 0.2) is 17.3 Å². The van der Waals surface area contributed by atoms with Crippen LogP contribution in [0.3, 0.4) is 0 Å². The molecule has 2 atom stereocenters. The fraction of sp³-hybridized carbons (Fsp3) is 0.357. The number of nitrogens with one attached hydrogen (secondary N) is 1. The number of thioether (sulfide) groups is 1. The number of fused-ring (bicyclic) bond motifs is 1. The normalized spacial score (nSPS) is 26.3. The molecule has 0 aromatic heterocycles. The maximum absolute atomic E-state index is 13.7. The molecule has 23 heavy (non-hydrogen) atoms. The smallest absolute Gasteiger partial charge is 0.274 e. The third-order valence-electron chi connectivity index (χ3n) is 3.75. The Hall–Kier alpha value is -2.29. The molecule has 3 N–H and O–H groups in total. The lowest BCUT2D eigenvalue weighted by molar-refractivity contribution is -0.140. The van der Waals surface area contributed by atoms with Gasteiger partial charge in [-0.15, -0.1) is 11.8 Å². The van der Waals surface area contributed by atoms with Crippen LogP contribution in [0.25, 0.3) is 0 Å². The van der Waals surface area contributed by atoms with Gasteiger partial charge in [0.1, 0.15) is 0 Å². The summed E-state index contributed by atoms with van der Waals surface area (Å²) in [6.45, 7) is 2.40. The van der Waals surface area contributed by atoms with Gasteiger partial charge in [0.05, 0.1) is 22.1 Å². The Kier molecular flexibility index (Phi) is 3.67. The van der Waals surface area contributed by atoms with Gasteiger partial charge in [0.2, 0.25) is 5.91 Å². The summed E-state index contributed by atoms with van der Waals surface area (Å²) in [5.74, 6) is -3.59. The van der Waals surface area contributed by atoms with E-state index < -0.39 is 33.5 Å². The van der Waals surface area contributed by atoms with Crippen LogP contribution in [0.4, 0.5) is 4.39 Å². The zero-order valence-corrected chi connectivity index (χ0v) is 12.9. The number of halogens is 1. The first-order valence-electron chi connectivity index (χ1n) is 6.83. The van der Waals surface area contributed by atoms with Crippen LogP contribution in [-0.4, -0.2) is 49.8 Å². The van der Waals surface area contributed by atoms with Crippen molar-refractivity contribution >= 4 is 29.8 Å². The van der Waals surface area contributed by atoms with Crippen molar-refractivity contribution < 1.29 is 24.2 Å². The standard InChI is InChI=1S/C14H14FN3O4S/c1-14(6-18-9(20)4-10(18)23-14)5-16-17-13(22)7-2-3-8(19)12(21)11(7)15/h2-3,5,10,19,21H,4,6H2,1H3,(H,17,22)/b16-5+/t10-,14+/m1/s1. The van der Waals surface area contributed by atoms with Gasteiger partial charge < -0.3 is 15.1 Å². The third-order valence-corrected chi connectivity index (χ3v) is 5.22. The molecule has 2 heterocycles. The molecule has 0 aliphatic carbocycles. The summed E-state index contributed by atoms with van der Waals surface area (Å²) in [5, 5.41) is 22.4. The van der Waals surface area contributed by atoms with Crippen molar-refractivity contribution in [2.24, 2.45) is 5.10 Å². The van der Waals surface area contributed by atoms with Crippen molar-refractivity contribution in [2.45, 2.75) is 23.5 Å². The molecular formula is C14H14FN3O4S. The van der Waals surface area contributed by atoms with Crippen molar-refractivity contribution in [2.75, 3.05) is 6.54 Å². The van der Waals surface area contributed by atoms with Gasteiger partial charge in [-0.1, -0.05) is 0 Å². The van der Waals surface area contributed by atoms with E-state index >= 15 is 0 Å². The Morgan fingerprint density at radius 3 is 2.96 bits per heavy atom. The fourth-order valence-electron chi connectivity index (χ4n) is 2.50. The van der Waals surface area contributed by atoms with Crippen LogP contribution in [0.2, 0.25) is 0 Å². The molecule has 122 valence electrons. The molecule has 7 nitrogen and oxygen atoms in total. The van der Waals surface area contributed by atoms with E-state index in [1.807, 2.05) is 6.92 Å². The summed E-state index contributed by atoms with van der Waals surface area (Å²) < 4.78 is 13.3. The number of phenolic OH excluding ortho intramolecular Hbond substituents is 2. The Bertz CT molecular complexity index is 726. The number of nitrogens with zero attached hydrogens (tertiary/aromatic N) is 2. The number of carbonyl (C=O) groups is 2. The number of hydrogen-bond donors (Lipinski definition) is 3. The lowest BCUT2D eigenvalue weighted by Gasteiger charge is -2.32. The van der Waals surface area contributed by atoms with Crippen LogP contribution in [0.15, 0.2) is 17.2 Å². The molecule has 0 saturated carbocycles. The molecule has 1 aromatic carbocycles. The van der Waals surface area contributed by atoms with Gasteiger partial charge in [-0.05, 0) is 19.1 Å². The maximum Gasteiger partial charge on any atom is 0.274 e. The van der Waals surface area contributed by atoms with E-state index in [-0.39, 0.29) is 11.3 Å². The van der Waals surface area contributed by atoms with Crippen molar-refractivity contribution in [1.29, 1.82) is 0 Å². The van der Waals surface area contributed by atoms with Gasteiger partial charge in [0.25, 0.3) is 5.91 Å². The first kappa shape index (κ1) is 15.6. The van der Waals surface area contributed by atoms with E-state index in [0.29, 0.717) is 13.0 Å². The molecule has 0 radical (unpaired) electrons. The SMILES string of the molecule is C[C@]1(/C=N/NC(=O)c2ccc(O)c(O)c2F)CN2C(=O)C[C@H]2S1. The quantitative estimate of drug-likeness (QED) is 0.330. The van der Waals surface area contributed by atoms with Crippen LogP contribution in [0.5, 0.6) is 11.5 Å². The highest BCUT2D eigenvalue weighted by Gasteiger charge is 2.49. The molecule has 2 aliphatic rings. The first-order chi connectivity index (χ1) is 10.8. The molecule has 1 aromatic rings. The Balaban J connectivity index is 1.65. The predicted molar refractivity (Wildman–Crippen MR) is 81.8 cm³/mol. The zero-order chi connectivity index (χ0) is 16.8. The summed E-state index contributed by atoms with van der Waals surface area (Å²) in [4.78, 5) is 25.0. The second-order valence-corrected chi connectivity index (χ2v) is 7.32. The number of hydrazone groups is 1. The monoisotopic (exact) mass is 339 g/mol. The number of hydrogen-bond acceptors (Lipinski definition) is 6. The minimum atomic E-state index is -1.21. The molecule has 2 saturated heterocycles. The summed E-state index contributed by atoms with van der Waals surface area (Å²) in [6, 6.07) is 2.06. The number of benzene rings is 1. The van der Waals surface area contributed by atoms with Crippen molar-refractivity contribution in [3.63, 3.8) is 0 Å². The minimum Gasteiger partial charge on any atom is -0.504 e. The van der Waals surface area contributed by atoms with Gasteiger partial charge in [-0.25, -0.2) is 9.82 Å². The first-order valence-corrected chi connectivity index (χ1v) is 7.71. The summed E-state index contributed by atoms with van der Waals surface area (Å²) in [5.41, 5.74) is 1.75. The van der Waals surface area contributed by atoms with Crippen LogP contribution in [0, 0.1) is 5.82 Å². The summed E-state index contributed by atoms with van der Waals surface area (Å²) in [7, 11) is 0. The minimum absolute atomic E-state index is 0.102. The number of β-lactam (4-membered cyclic amide) rings is 1. The van der Waals surface area contributed by atoms with Crippen LogP contribution in [0.1, 0.15) is 23.7 Å². The van der Waals surface area contributed by atoms with Crippen molar-refractivity contribution in [3.8, 4) is 11.5 Å². The van der Waals surface area contributed by atoms with E-state index in [1.165, 1.54) is 6.21 Å². The Labute approximate surface area is 135 Å². The highest BCUT2D eigenvalue weighted by molar-refractivity contribution is 8.02. The number of phenols is 2. The van der Waals surface area contributed by atoms with E-state index in [0.717, 1.165) is 12.1 Å². The molecule has 2 aliphatic heterocycles. The van der Waals surface area contributed by atoms with Gasteiger partial charge >= 0.3 is 0 Å². The lowest BCUT2D eigenvalue weighted by atomic mass is 10.1. The van der Waals surface area contributed by atoms with Crippen LogP contribution < -0.4 is 5.43 Å². The second-order valence-electron chi connectivity index (χ2n) is 5.60. The summed E-state index contributed by atoms with van der Waals surface area (Å²) in [6.07, 6.45) is 2.03. The maximum atomic E-state index is 13.7. The van der Waals surface area contributed by atoms with Crippen LogP contribution in [-0.2, 0) is 4.79 Å². The van der Waals surface area contributed by atoms with E-state index in [2.05, 4.69) is 10.5 Å². The predicted octanol–water partition coefficient (Wildman–Crippen LogP) is 1.02. The van der Waals surface area contributed by atoms with E-state index in [9.17, 15) is 19.1 Å². The topological polar surface area (TPSA) is 102 Å². The van der Waals surface area contributed by atoms with Gasteiger partial charge in [-0.3, -0.25) is 9.59 Å². The molecule has 9 heteroatoms. The largest absolute Gasteiger partial charge is 0.504 e. The summed E-state index contributed by atoms with van der Waals surface area (Å²) >= 11 is 1.58. The van der Waals surface area contributed by atoms with Gasteiger partial charge in [-0.2, -0.15) is 5.10 Å². The third kappa shape index (κ3) is 2.72. The molecular weight excluding hydrogens is 325 g/mol. The average Bonchev–Trinajstić information content (AvgIpc) is 2.77. The number of carbonyl (C=O) groups excluding carboxylic acids is 2. The Morgan fingerprint density at radius 2 is 2.30 bits per heavy atom. The highest BCUT2D eigenvalue weighted by atomic mass is 32.2. The molecule has 0 unspecified atom stereocenters. The number of aromatic hydroxyl groups is 2. The fourth-order valence-corrected chi connectivity index (χ4v) is 3.99. The number of rotatable bonds is 3. The average molecular weight is 339 g/mol. The molecule has 0 spiro atoms. The second kappa shape index (κ2) is 5.41. The molecule has 2 fully saturated rings. The van der Waals surface area contributed by atoms with E-state index in [4.69, 9.17) is 5.11 Å². The van der Waals surface area contributed by atoms with E-state index in [1.54, 1.807) is 16.7 Å². The zero-order valence-electron chi connectivity index (χ0n) is 12.1. The highest BCUT2D eigenvalue weighted by Crippen LogP contribution is 2.45. The van der Waals surface area contributed by atoms with Gasteiger partial charge in [0, 0.05) is 12.8 Å². The Morgan fingerprint density at radius 1 is 1.57 bits per heavy atom. The van der Waals surface area contributed by atoms with Crippen molar-refractivity contribution in [1.82, 2.24) is 10.3 Å². The van der Waals surface area contributed by atoms with Crippen molar-refractivity contribution in [3.05, 3.63) is 23.5 Å². The number of amides is 2.